The number of aryl methyl sites for hydroxylation is 2. The summed E-state index contributed by atoms with van der Waals surface area (Å²) >= 11 is 0. The molecule has 2 aromatic carbocycles. The van der Waals surface area contributed by atoms with Crippen molar-refractivity contribution in [2.75, 3.05) is 17.1 Å². The standard InChI is InChI=1S/C22H28N2O3S/c1-5-21(22(25)23-11-10-18-8-6-7-9-19(18)15-23)24(28(4,26)27)20-13-16(2)12-17(3)14-20/h6-9,12-14,21H,5,10-11,15H2,1-4H3/t21-/m1/s1. The van der Waals surface area contributed by atoms with E-state index < -0.39 is 16.1 Å². The lowest BCUT2D eigenvalue weighted by Gasteiger charge is -2.36. The Labute approximate surface area is 168 Å². The molecule has 0 aliphatic carbocycles. The molecular weight excluding hydrogens is 372 g/mol. The number of nitrogens with zero attached hydrogens (tertiary/aromatic N) is 2. The van der Waals surface area contributed by atoms with Crippen molar-refractivity contribution < 1.29 is 13.2 Å². The second kappa shape index (κ2) is 7.95. The van der Waals surface area contributed by atoms with E-state index in [2.05, 4.69) is 6.07 Å². The Bertz CT molecular complexity index is 965. The summed E-state index contributed by atoms with van der Waals surface area (Å²) in [6, 6.07) is 13.0. The number of anilines is 1. The first-order valence-corrected chi connectivity index (χ1v) is 11.5. The van der Waals surface area contributed by atoms with Crippen molar-refractivity contribution in [2.45, 2.75) is 46.2 Å². The smallest absolute Gasteiger partial charge is 0.246 e. The van der Waals surface area contributed by atoms with Gasteiger partial charge in [0.15, 0.2) is 0 Å². The van der Waals surface area contributed by atoms with E-state index in [1.165, 1.54) is 16.1 Å². The molecule has 0 unspecified atom stereocenters. The quantitative estimate of drug-likeness (QED) is 0.773. The fourth-order valence-corrected chi connectivity index (χ4v) is 5.21. The summed E-state index contributed by atoms with van der Waals surface area (Å²) in [5, 5.41) is 0. The molecule has 0 radical (unpaired) electrons. The lowest BCUT2D eigenvalue weighted by molar-refractivity contribution is -0.133. The molecule has 1 heterocycles. The van der Waals surface area contributed by atoms with Gasteiger partial charge >= 0.3 is 0 Å². The molecule has 28 heavy (non-hydrogen) atoms. The second-order valence-corrected chi connectivity index (χ2v) is 9.47. The first-order chi connectivity index (χ1) is 13.2. The third-order valence-corrected chi connectivity index (χ3v) is 6.40. The topological polar surface area (TPSA) is 57.7 Å². The third kappa shape index (κ3) is 4.22. The van der Waals surface area contributed by atoms with E-state index in [9.17, 15) is 13.2 Å². The van der Waals surface area contributed by atoms with Crippen LogP contribution in [0.15, 0.2) is 42.5 Å². The van der Waals surface area contributed by atoms with E-state index in [1.54, 1.807) is 4.90 Å². The number of sulfonamides is 1. The summed E-state index contributed by atoms with van der Waals surface area (Å²) in [5.74, 6) is -0.137. The van der Waals surface area contributed by atoms with Gasteiger partial charge in [0, 0.05) is 13.1 Å². The molecule has 1 atom stereocenters. The highest BCUT2D eigenvalue weighted by atomic mass is 32.2. The minimum Gasteiger partial charge on any atom is -0.336 e. The van der Waals surface area contributed by atoms with Crippen LogP contribution in [0.2, 0.25) is 0 Å². The molecule has 5 nitrogen and oxygen atoms in total. The Balaban J connectivity index is 1.96. The number of fused-ring (bicyclic) bond motifs is 1. The van der Waals surface area contributed by atoms with Crippen LogP contribution in [0.4, 0.5) is 5.69 Å². The number of carbonyl (C=O) groups excluding carboxylic acids is 1. The van der Waals surface area contributed by atoms with E-state index >= 15 is 0 Å². The fourth-order valence-electron chi connectivity index (χ4n) is 4.02. The highest BCUT2D eigenvalue weighted by Gasteiger charge is 2.35. The fraction of sp³-hybridized carbons (Fsp3) is 0.409. The van der Waals surface area contributed by atoms with E-state index in [0.29, 0.717) is 25.2 Å². The summed E-state index contributed by atoms with van der Waals surface area (Å²) in [6.45, 7) is 6.86. The van der Waals surface area contributed by atoms with Crippen LogP contribution in [0.25, 0.3) is 0 Å². The summed E-state index contributed by atoms with van der Waals surface area (Å²) in [5.41, 5.74) is 4.89. The van der Waals surface area contributed by atoms with Crippen LogP contribution in [0.3, 0.4) is 0 Å². The summed E-state index contributed by atoms with van der Waals surface area (Å²) < 4.78 is 26.7. The predicted molar refractivity (Wildman–Crippen MR) is 113 cm³/mol. The molecule has 1 amide bonds. The van der Waals surface area contributed by atoms with Gasteiger partial charge in [-0.05, 0) is 61.1 Å². The number of hydrogen-bond acceptors (Lipinski definition) is 3. The van der Waals surface area contributed by atoms with Gasteiger partial charge in [-0.15, -0.1) is 0 Å². The highest BCUT2D eigenvalue weighted by molar-refractivity contribution is 7.92. The molecule has 0 N–H and O–H groups in total. The molecule has 0 fully saturated rings. The molecule has 1 aliphatic rings. The Kier molecular flexibility index (Phi) is 5.79. The van der Waals surface area contributed by atoms with Crippen molar-refractivity contribution in [3.8, 4) is 0 Å². The van der Waals surface area contributed by atoms with Crippen molar-refractivity contribution >= 4 is 21.6 Å². The largest absolute Gasteiger partial charge is 0.336 e. The zero-order valence-corrected chi connectivity index (χ0v) is 17.8. The third-order valence-electron chi connectivity index (χ3n) is 5.22. The normalized spacial score (nSPS) is 15.1. The van der Waals surface area contributed by atoms with Crippen molar-refractivity contribution in [3.63, 3.8) is 0 Å². The molecule has 0 spiro atoms. The molecular formula is C22H28N2O3S. The van der Waals surface area contributed by atoms with Crippen molar-refractivity contribution in [1.29, 1.82) is 0 Å². The Morgan fingerprint density at radius 2 is 1.71 bits per heavy atom. The average molecular weight is 401 g/mol. The zero-order chi connectivity index (χ0) is 20.5. The SMILES string of the molecule is CC[C@H](C(=O)N1CCc2ccccc2C1)N(c1cc(C)cc(C)c1)S(C)(=O)=O. The lowest BCUT2D eigenvalue weighted by Crippen LogP contribution is -2.51. The minimum atomic E-state index is -3.62. The van der Waals surface area contributed by atoms with Crippen LogP contribution in [0, 0.1) is 13.8 Å². The molecule has 0 saturated carbocycles. The average Bonchev–Trinajstić information content (AvgIpc) is 2.63. The Morgan fingerprint density at radius 3 is 2.29 bits per heavy atom. The van der Waals surface area contributed by atoms with Gasteiger partial charge in [-0.25, -0.2) is 8.42 Å². The van der Waals surface area contributed by atoms with Crippen LogP contribution in [-0.4, -0.2) is 38.1 Å². The molecule has 0 saturated heterocycles. The monoisotopic (exact) mass is 400 g/mol. The van der Waals surface area contributed by atoms with Gasteiger partial charge in [-0.3, -0.25) is 9.10 Å². The maximum absolute atomic E-state index is 13.4. The maximum atomic E-state index is 13.4. The predicted octanol–water partition coefficient (Wildman–Crippen LogP) is 3.43. The zero-order valence-electron chi connectivity index (χ0n) is 17.0. The van der Waals surface area contributed by atoms with Crippen LogP contribution in [-0.2, 0) is 27.8 Å². The van der Waals surface area contributed by atoms with Crippen molar-refractivity contribution in [2.24, 2.45) is 0 Å². The van der Waals surface area contributed by atoms with Gasteiger partial charge in [-0.2, -0.15) is 0 Å². The second-order valence-electron chi connectivity index (χ2n) is 7.61. The van der Waals surface area contributed by atoms with Crippen LogP contribution < -0.4 is 4.31 Å². The summed E-state index contributed by atoms with van der Waals surface area (Å²) in [6.07, 6.45) is 2.38. The number of rotatable bonds is 5. The maximum Gasteiger partial charge on any atom is 0.246 e. The van der Waals surface area contributed by atoms with Crippen molar-refractivity contribution in [3.05, 3.63) is 64.7 Å². The molecule has 1 aliphatic heterocycles. The Hall–Kier alpha value is -2.34. The van der Waals surface area contributed by atoms with Crippen LogP contribution in [0.5, 0.6) is 0 Å². The van der Waals surface area contributed by atoms with Gasteiger partial charge in [0.1, 0.15) is 6.04 Å². The number of hydrogen-bond donors (Lipinski definition) is 0. The Morgan fingerprint density at radius 1 is 1.11 bits per heavy atom. The van der Waals surface area contributed by atoms with E-state index in [4.69, 9.17) is 0 Å². The van der Waals surface area contributed by atoms with Crippen LogP contribution in [0.1, 0.15) is 35.6 Å². The molecule has 150 valence electrons. The van der Waals surface area contributed by atoms with Gasteiger partial charge in [-0.1, -0.05) is 37.3 Å². The summed E-state index contributed by atoms with van der Waals surface area (Å²) in [7, 11) is -3.62. The number of amides is 1. The van der Waals surface area contributed by atoms with Crippen molar-refractivity contribution in [1.82, 2.24) is 4.90 Å². The van der Waals surface area contributed by atoms with Gasteiger partial charge in [0.2, 0.25) is 15.9 Å². The van der Waals surface area contributed by atoms with Crippen LogP contribution >= 0.6 is 0 Å². The number of benzene rings is 2. The highest BCUT2D eigenvalue weighted by Crippen LogP contribution is 2.27. The summed E-state index contributed by atoms with van der Waals surface area (Å²) in [4.78, 5) is 15.2. The molecule has 0 bridgehead atoms. The first kappa shape index (κ1) is 20.4. The number of carbonyl (C=O) groups is 1. The molecule has 2 aromatic rings. The minimum absolute atomic E-state index is 0.137. The lowest BCUT2D eigenvalue weighted by atomic mass is 9.99. The van der Waals surface area contributed by atoms with E-state index in [0.717, 1.165) is 23.1 Å². The molecule has 6 heteroatoms. The van der Waals surface area contributed by atoms with Gasteiger partial charge in [0.25, 0.3) is 0 Å². The molecule has 0 aromatic heterocycles. The first-order valence-electron chi connectivity index (χ1n) is 9.64. The van der Waals surface area contributed by atoms with Gasteiger partial charge < -0.3 is 4.90 Å². The van der Waals surface area contributed by atoms with E-state index in [-0.39, 0.29) is 5.91 Å². The van der Waals surface area contributed by atoms with E-state index in [1.807, 2.05) is 57.2 Å². The van der Waals surface area contributed by atoms with Gasteiger partial charge in [0.05, 0.1) is 11.9 Å². The molecule has 3 rings (SSSR count).